The number of nitrogens with one attached hydrogen (secondary N) is 1. The second kappa shape index (κ2) is 7.19. The van der Waals surface area contributed by atoms with Gasteiger partial charge in [0.25, 0.3) is 5.91 Å². The van der Waals surface area contributed by atoms with E-state index in [1.165, 1.54) is 13.3 Å². The molecule has 0 spiro atoms. The van der Waals surface area contributed by atoms with Gasteiger partial charge in [-0.1, -0.05) is 19.3 Å². The molecule has 0 radical (unpaired) electrons. The van der Waals surface area contributed by atoms with Gasteiger partial charge in [0.05, 0.1) is 6.61 Å². The van der Waals surface area contributed by atoms with E-state index in [9.17, 15) is 9.59 Å². The van der Waals surface area contributed by atoms with Crippen molar-refractivity contribution in [3.05, 3.63) is 11.3 Å². The monoisotopic (exact) mass is 253 g/mol. The Bertz CT molecular complexity index is 341. The fraction of sp³-hybridized carbons (Fsp3) is 0.714. The van der Waals surface area contributed by atoms with Gasteiger partial charge in [0, 0.05) is 6.04 Å². The molecule has 1 amide bonds. The molecule has 4 nitrogen and oxygen atoms in total. The van der Waals surface area contributed by atoms with Crippen molar-refractivity contribution in [2.24, 2.45) is 0 Å². The van der Waals surface area contributed by atoms with Crippen molar-refractivity contribution in [2.45, 2.75) is 58.9 Å². The molecule has 0 heterocycles. The van der Waals surface area contributed by atoms with Gasteiger partial charge in [0.1, 0.15) is 11.3 Å². The Hall–Kier alpha value is -1.32. The third-order valence-electron chi connectivity index (χ3n) is 3.23. The minimum absolute atomic E-state index is 0.155. The van der Waals surface area contributed by atoms with E-state index in [1.54, 1.807) is 6.92 Å². The molecule has 0 aromatic heterocycles. The summed E-state index contributed by atoms with van der Waals surface area (Å²) in [5, 5.41) is 2.94. The Balaban J connectivity index is 2.70. The summed E-state index contributed by atoms with van der Waals surface area (Å²) in [5.41, 5.74) is 0.155. The molecule has 0 bridgehead atoms. The second-order valence-electron chi connectivity index (χ2n) is 4.73. The molecular formula is C14H23NO3. The zero-order valence-corrected chi connectivity index (χ0v) is 11.5. The summed E-state index contributed by atoms with van der Waals surface area (Å²) in [7, 11) is 0. The van der Waals surface area contributed by atoms with Gasteiger partial charge in [-0.25, -0.2) is 0 Å². The molecule has 0 aliphatic heterocycles. The summed E-state index contributed by atoms with van der Waals surface area (Å²) in [5.74, 6) is -0.118. The SMILES string of the molecule is CCO/C(C)=C(/C(C)=O)C(=O)NC1CCCCC1. The molecular weight excluding hydrogens is 230 g/mol. The number of allylic oxidation sites excluding steroid dienone is 1. The molecule has 0 aromatic carbocycles. The minimum Gasteiger partial charge on any atom is -0.498 e. The number of ketones is 1. The van der Waals surface area contributed by atoms with Gasteiger partial charge in [0.15, 0.2) is 5.78 Å². The summed E-state index contributed by atoms with van der Waals surface area (Å²) in [6.07, 6.45) is 5.54. The fourth-order valence-electron chi connectivity index (χ4n) is 2.36. The molecule has 0 aromatic rings. The zero-order valence-electron chi connectivity index (χ0n) is 11.5. The summed E-state index contributed by atoms with van der Waals surface area (Å²) in [6, 6.07) is 0.204. The maximum absolute atomic E-state index is 12.1. The highest BCUT2D eigenvalue weighted by atomic mass is 16.5. The smallest absolute Gasteiger partial charge is 0.258 e. The number of Topliss-reactive ketones (excluding diaryl/α,β-unsaturated/α-hetero) is 1. The fourth-order valence-corrected chi connectivity index (χ4v) is 2.36. The van der Waals surface area contributed by atoms with Crippen LogP contribution in [0.4, 0.5) is 0 Å². The lowest BCUT2D eigenvalue weighted by molar-refractivity contribution is -0.122. The van der Waals surface area contributed by atoms with Crippen molar-refractivity contribution in [1.29, 1.82) is 0 Å². The van der Waals surface area contributed by atoms with Crippen LogP contribution in [-0.4, -0.2) is 24.3 Å². The van der Waals surface area contributed by atoms with E-state index >= 15 is 0 Å². The van der Waals surface area contributed by atoms with E-state index in [4.69, 9.17) is 4.74 Å². The first kappa shape index (κ1) is 14.7. The summed E-state index contributed by atoms with van der Waals surface area (Å²) >= 11 is 0. The van der Waals surface area contributed by atoms with Crippen molar-refractivity contribution in [3.8, 4) is 0 Å². The molecule has 18 heavy (non-hydrogen) atoms. The molecule has 1 saturated carbocycles. The first-order valence-corrected chi connectivity index (χ1v) is 6.71. The van der Waals surface area contributed by atoms with Crippen LogP contribution in [0.25, 0.3) is 0 Å². The van der Waals surface area contributed by atoms with E-state index in [0.717, 1.165) is 25.7 Å². The third kappa shape index (κ3) is 4.17. The van der Waals surface area contributed by atoms with Crippen LogP contribution in [0.5, 0.6) is 0 Å². The maximum Gasteiger partial charge on any atom is 0.258 e. The average Bonchev–Trinajstić information content (AvgIpc) is 2.30. The lowest BCUT2D eigenvalue weighted by Crippen LogP contribution is -2.38. The molecule has 102 valence electrons. The Morgan fingerprint density at radius 3 is 2.28 bits per heavy atom. The minimum atomic E-state index is -0.291. The highest BCUT2D eigenvalue weighted by Crippen LogP contribution is 2.18. The number of hydrogen-bond donors (Lipinski definition) is 1. The molecule has 1 N–H and O–H groups in total. The first-order chi connectivity index (χ1) is 8.56. The van der Waals surface area contributed by atoms with E-state index in [-0.39, 0.29) is 23.3 Å². The maximum atomic E-state index is 12.1. The van der Waals surface area contributed by atoms with E-state index in [2.05, 4.69) is 5.32 Å². The van der Waals surface area contributed by atoms with Crippen LogP contribution in [0, 0.1) is 0 Å². The first-order valence-electron chi connectivity index (χ1n) is 6.71. The van der Waals surface area contributed by atoms with Crippen LogP contribution in [0.2, 0.25) is 0 Å². The number of ether oxygens (including phenoxy) is 1. The summed E-state index contributed by atoms with van der Waals surface area (Å²) in [6.45, 7) is 5.36. The zero-order chi connectivity index (χ0) is 13.5. The van der Waals surface area contributed by atoms with E-state index in [0.29, 0.717) is 12.4 Å². The third-order valence-corrected chi connectivity index (χ3v) is 3.23. The molecule has 1 aliphatic carbocycles. The van der Waals surface area contributed by atoms with Crippen LogP contribution in [0.1, 0.15) is 52.9 Å². The van der Waals surface area contributed by atoms with Gasteiger partial charge >= 0.3 is 0 Å². The Morgan fingerprint density at radius 1 is 1.17 bits per heavy atom. The Morgan fingerprint density at radius 2 is 1.78 bits per heavy atom. The highest BCUT2D eigenvalue weighted by molar-refractivity contribution is 6.18. The van der Waals surface area contributed by atoms with Gasteiger partial charge in [-0.05, 0) is 33.6 Å². The number of carbonyl (C=O) groups is 2. The van der Waals surface area contributed by atoms with Crippen LogP contribution in [0.15, 0.2) is 11.3 Å². The lowest BCUT2D eigenvalue weighted by Gasteiger charge is -2.23. The average molecular weight is 253 g/mol. The molecule has 4 heteroatoms. The molecule has 1 rings (SSSR count). The standard InChI is InChI=1S/C14H23NO3/c1-4-18-11(3)13(10(2)16)14(17)15-12-8-6-5-7-9-12/h12H,4-9H2,1-3H3,(H,15,17)/b13-11-. The molecule has 0 unspecified atom stereocenters. The van der Waals surface area contributed by atoms with Crippen molar-refractivity contribution >= 4 is 11.7 Å². The normalized spacial score (nSPS) is 17.9. The number of carbonyl (C=O) groups excluding carboxylic acids is 2. The molecule has 0 atom stereocenters. The number of hydrogen-bond acceptors (Lipinski definition) is 3. The quantitative estimate of drug-likeness (QED) is 0.354. The van der Waals surface area contributed by atoms with E-state index < -0.39 is 0 Å². The lowest BCUT2D eigenvalue weighted by atomic mass is 9.95. The second-order valence-corrected chi connectivity index (χ2v) is 4.73. The summed E-state index contributed by atoms with van der Waals surface area (Å²) < 4.78 is 5.27. The van der Waals surface area contributed by atoms with Gasteiger partial charge < -0.3 is 10.1 Å². The van der Waals surface area contributed by atoms with Gasteiger partial charge in [-0.3, -0.25) is 9.59 Å². The number of rotatable bonds is 5. The van der Waals surface area contributed by atoms with Gasteiger partial charge in [-0.2, -0.15) is 0 Å². The number of amides is 1. The molecule has 1 fully saturated rings. The molecule has 1 aliphatic rings. The van der Waals surface area contributed by atoms with E-state index in [1.807, 2.05) is 6.92 Å². The van der Waals surface area contributed by atoms with Crippen LogP contribution >= 0.6 is 0 Å². The predicted octanol–water partition coefficient (Wildman–Crippen LogP) is 2.33. The molecule has 0 saturated heterocycles. The summed E-state index contributed by atoms with van der Waals surface area (Å²) in [4.78, 5) is 23.6. The van der Waals surface area contributed by atoms with Crippen LogP contribution in [0.3, 0.4) is 0 Å². The van der Waals surface area contributed by atoms with Gasteiger partial charge in [-0.15, -0.1) is 0 Å². The van der Waals surface area contributed by atoms with Crippen molar-refractivity contribution in [1.82, 2.24) is 5.32 Å². The van der Waals surface area contributed by atoms with Crippen molar-refractivity contribution < 1.29 is 14.3 Å². The largest absolute Gasteiger partial charge is 0.498 e. The Labute approximate surface area is 109 Å². The highest BCUT2D eigenvalue weighted by Gasteiger charge is 2.22. The van der Waals surface area contributed by atoms with Crippen molar-refractivity contribution in [2.75, 3.05) is 6.61 Å². The predicted molar refractivity (Wildman–Crippen MR) is 70.0 cm³/mol. The Kier molecular flexibility index (Phi) is 5.89. The van der Waals surface area contributed by atoms with Crippen molar-refractivity contribution in [3.63, 3.8) is 0 Å². The van der Waals surface area contributed by atoms with Gasteiger partial charge in [0.2, 0.25) is 0 Å². The van der Waals surface area contributed by atoms with Crippen LogP contribution < -0.4 is 5.32 Å². The topological polar surface area (TPSA) is 55.4 Å². The van der Waals surface area contributed by atoms with Crippen LogP contribution in [-0.2, 0) is 14.3 Å².